The van der Waals surface area contributed by atoms with Crippen molar-refractivity contribution in [2.45, 2.75) is 33.4 Å². The fourth-order valence-corrected chi connectivity index (χ4v) is 2.71. The fourth-order valence-electron chi connectivity index (χ4n) is 1.98. The summed E-state index contributed by atoms with van der Waals surface area (Å²) in [6.45, 7) is 6.69. The Bertz CT molecular complexity index is 677. The van der Waals surface area contributed by atoms with Crippen molar-refractivity contribution in [3.05, 3.63) is 27.6 Å². The highest BCUT2D eigenvalue weighted by atomic mass is 32.1. The molecule has 6 nitrogen and oxygen atoms in total. The Balaban J connectivity index is 2.18. The summed E-state index contributed by atoms with van der Waals surface area (Å²) in [5, 5.41) is 1.84. The Morgan fingerprint density at radius 2 is 2.29 bits per heavy atom. The molecule has 0 aliphatic rings. The van der Waals surface area contributed by atoms with E-state index in [1.165, 1.54) is 11.3 Å². The quantitative estimate of drug-likeness (QED) is 0.823. The zero-order valence-corrected chi connectivity index (χ0v) is 13.2. The van der Waals surface area contributed by atoms with Gasteiger partial charge in [-0.3, -0.25) is 14.5 Å². The average Bonchev–Trinajstić information content (AvgIpc) is 2.87. The minimum atomic E-state index is -0.273. The topological polar surface area (TPSA) is 75.3 Å². The van der Waals surface area contributed by atoms with Gasteiger partial charge in [0.25, 0.3) is 5.56 Å². The van der Waals surface area contributed by atoms with E-state index < -0.39 is 0 Å². The van der Waals surface area contributed by atoms with Gasteiger partial charge >= 0.3 is 5.97 Å². The predicted octanol–water partition coefficient (Wildman–Crippen LogP) is 1.76. The number of aromatic amines is 1. The minimum absolute atomic E-state index is 0.134. The van der Waals surface area contributed by atoms with E-state index in [0.717, 1.165) is 0 Å². The first kappa shape index (κ1) is 15.7. The van der Waals surface area contributed by atoms with E-state index in [-0.39, 0.29) is 24.1 Å². The minimum Gasteiger partial charge on any atom is -0.465 e. The lowest BCUT2D eigenvalue weighted by Gasteiger charge is -2.24. The molecular formula is C14H19N3O3S. The van der Waals surface area contributed by atoms with Gasteiger partial charge in [0.05, 0.1) is 25.2 Å². The van der Waals surface area contributed by atoms with Crippen molar-refractivity contribution in [3.63, 3.8) is 0 Å². The maximum Gasteiger partial charge on any atom is 0.320 e. The number of thiophene rings is 1. The second kappa shape index (κ2) is 6.82. The van der Waals surface area contributed by atoms with E-state index >= 15 is 0 Å². The molecule has 0 amide bonds. The number of fused-ring (bicyclic) bond motifs is 1. The SMILES string of the molecule is CCOC(=O)CN(Cc1nc2ccsc2c(=O)[nH]1)C(C)C. The van der Waals surface area contributed by atoms with Crippen LogP contribution in [-0.4, -0.2) is 40.0 Å². The van der Waals surface area contributed by atoms with Crippen LogP contribution in [0, 0.1) is 0 Å². The van der Waals surface area contributed by atoms with Gasteiger partial charge in [0.15, 0.2) is 0 Å². The van der Waals surface area contributed by atoms with Crippen LogP contribution in [0.2, 0.25) is 0 Å². The Hall–Kier alpha value is -1.73. The molecule has 0 aliphatic carbocycles. The lowest BCUT2D eigenvalue weighted by atomic mass is 10.3. The van der Waals surface area contributed by atoms with Gasteiger partial charge in [-0.05, 0) is 32.2 Å². The zero-order valence-electron chi connectivity index (χ0n) is 12.4. The number of hydrogen-bond donors (Lipinski definition) is 1. The predicted molar refractivity (Wildman–Crippen MR) is 82.4 cm³/mol. The first-order chi connectivity index (χ1) is 10.0. The molecule has 0 saturated carbocycles. The van der Waals surface area contributed by atoms with Crippen LogP contribution in [0.3, 0.4) is 0 Å². The molecule has 21 heavy (non-hydrogen) atoms. The molecule has 0 bridgehead atoms. The molecule has 0 atom stereocenters. The Morgan fingerprint density at radius 3 is 2.95 bits per heavy atom. The highest BCUT2D eigenvalue weighted by Crippen LogP contribution is 2.14. The third-order valence-electron chi connectivity index (χ3n) is 3.08. The summed E-state index contributed by atoms with van der Waals surface area (Å²) < 4.78 is 5.60. The molecular weight excluding hydrogens is 290 g/mol. The van der Waals surface area contributed by atoms with E-state index in [0.29, 0.717) is 29.2 Å². The Kier molecular flexibility index (Phi) is 5.08. The van der Waals surface area contributed by atoms with E-state index in [9.17, 15) is 9.59 Å². The second-order valence-corrected chi connectivity index (χ2v) is 5.87. The molecule has 0 unspecified atom stereocenters. The van der Waals surface area contributed by atoms with Crippen molar-refractivity contribution in [1.82, 2.24) is 14.9 Å². The van der Waals surface area contributed by atoms with Gasteiger partial charge in [0.1, 0.15) is 10.5 Å². The third kappa shape index (κ3) is 3.89. The molecule has 2 heterocycles. The fraction of sp³-hybridized carbons (Fsp3) is 0.500. The number of aromatic nitrogens is 2. The lowest BCUT2D eigenvalue weighted by Crippen LogP contribution is -2.37. The average molecular weight is 309 g/mol. The molecule has 0 spiro atoms. The summed E-state index contributed by atoms with van der Waals surface area (Å²) in [4.78, 5) is 32.7. The van der Waals surface area contributed by atoms with Crippen LogP contribution in [0.25, 0.3) is 10.2 Å². The van der Waals surface area contributed by atoms with Gasteiger partial charge in [0, 0.05) is 6.04 Å². The maximum atomic E-state index is 11.9. The van der Waals surface area contributed by atoms with Gasteiger partial charge in [-0.1, -0.05) is 0 Å². The number of H-pyrrole nitrogens is 1. The molecule has 2 aromatic rings. The van der Waals surface area contributed by atoms with E-state index in [1.54, 1.807) is 6.92 Å². The number of carbonyl (C=O) groups excluding carboxylic acids is 1. The molecule has 0 radical (unpaired) electrons. The van der Waals surface area contributed by atoms with Crippen LogP contribution in [0.15, 0.2) is 16.2 Å². The normalized spacial score (nSPS) is 11.5. The van der Waals surface area contributed by atoms with Crippen molar-refractivity contribution in [1.29, 1.82) is 0 Å². The van der Waals surface area contributed by atoms with Crippen LogP contribution in [-0.2, 0) is 16.1 Å². The van der Waals surface area contributed by atoms with Crippen LogP contribution in [0.1, 0.15) is 26.6 Å². The third-order valence-corrected chi connectivity index (χ3v) is 3.99. The van der Waals surface area contributed by atoms with Crippen molar-refractivity contribution in [2.24, 2.45) is 0 Å². The molecule has 1 N–H and O–H groups in total. The number of ether oxygens (including phenoxy) is 1. The van der Waals surface area contributed by atoms with Crippen LogP contribution < -0.4 is 5.56 Å². The lowest BCUT2D eigenvalue weighted by molar-refractivity contribution is -0.145. The number of nitrogens with one attached hydrogen (secondary N) is 1. The van der Waals surface area contributed by atoms with Crippen molar-refractivity contribution in [2.75, 3.05) is 13.2 Å². The zero-order chi connectivity index (χ0) is 15.4. The van der Waals surface area contributed by atoms with Crippen LogP contribution in [0.4, 0.5) is 0 Å². The largest absolute Gasteiger partial charge is 0.465 e. The molecule has 114 valence electrons. The van der Waals surface area contributed by atoms with Gasteiger partial charge < -0.3 is 9.72 Å². The summed E-state index contributed by atoms with van der Waals surface area (Å²) in [5.74, 6) is 0.286. The van der Waals surface area contributed by atoms with Gasteiger partial charge in [0.2, 0.25) is 0 Å². The molecule has 7 heteroatoms. The number of esters is 1. The molecule has 0 saturated heterocycles. The van der Waals surface area contributed by atoms with Crippen LogP contribution >= 0.6 is 11.3 Å². The second-order valence-electron chi connectivity index (χ2n) is 4.95. The number of carbonyl (C=O) groups is 1. The summed E-state index contributed by atoms with van der Waals surface area (Å²) >= 11 is 1.37. The number of hydrogen-bond acceptors (Lipinski definition) is 6. The molecule has 0 fully saturated rings. The van der Waals surface area contributed by atoms with Gasteiger partial charge in [-0.2, -0.15) is 0 Å². The monoisotopic (exact) mass is 309 g/mol. The number of rotatable bonds is 6. The Labute approximate surface area is 126 Å². The van der Waals surface area contributed by atoms with E-state index in [2.05, 4.69) is 9.97 Å². The smallest absolute Gasteiger partial charge is 0.320 e. The summed E-state index contributed by atoms with van der Waals surface area (Å²) in [5.41, 5.74) is 0.559. The number of nitrogens with zero attached hydrogens (tertiary/aromatic N) is 2. The van der Waals surface area contributed by atoms with Crippen molar-refractivity contribution < 1.29 is 9.53 Å². The van der Waals surface area contributed by atoms with Gasteiger partial charge in [-0.25, -0.2) is 4.98 Å². The molecule has 0 aliphatic heterocycles. The summed E-state index contributed by atoms with van der Waals surface area (Å²) in [6, 6.07) is 1.96. The molecule has 2 aromatic heterocycles. The molecule has 0 aromatic carbocycles. The van der Waals surface area contributed by atoms with Gasteiger partial charge in [-0.15, -0.1) is 11.3 Å². The standard InChI is InChI=1S/C14H19N3O3S/c1-4-20-12(18)8-17(9(2)3)7-11-15-10-5-6-21-13(10)14(19)16-11/h5-6,9H,4,7-8H2,1-3H3,(H,15,16,19). The molecule has 2 rings (SSSR count). The summed E-state index contributed by atoms with van der Waals surface area (Å²) in [7, 11) is 0. The first-order valence-electron chi connectivity index (χ1n) is 6.87. The Morgan fingerprint density at radius 1 is 1.52 bits per heavy atom. The van der Waals surface area contributed by atoms with E-state index in [1.807, 2.05) is 30.2 Å². The van der Waals surface area contributed by atoms with Crippen molar-refractivity contribution in [3.8, 4) is 0 Å². The van der Waals surface area contributed by atoms with E-state index in [4.69, 9.17) is 4.74 Å². The highest BCUT2D eigenvalue weighted by Gasteiger charge is 2.17. The highest BCUT2D eigenvalue weighted by molar-refractivity contribution is 7.17. The van der Waals surface area contributed by atoms with Crippen molar-refractivity contribution >= 4 is 27.5 Å². The summed E-state index contributed by atoms with van der Waals surface area (Å²) in [6.07, 6.45) is 0. The maximum absolute atomic E-state index is 11.9. The van der Waals surface area contributed by atoms with Crippen LogP contribution in [0.5, 0.6) is 0 Å². The first-order valence-corrected chi connectivity index (χ1v) is 7.75.